The van der Waals surface area contributed by atoms with Crippen molar-refractivity contribution < 1.29 is 34.8 Å². The Morgan fingerprint density at radius 3 is 1.89 bits per heavy atom. The number of hydrogen-bond donors (Lipinski definition) is 1. The summed E-state index contributed by atoms with van der Waals surface area (Å²) in [6.45, 7) is 4.57. The minimum absolute atomic E-state index is 0.000747. The summed E-state index contributed by atoms with van der Waals surface area (Å²) in [5.41, 5.74) is 0.401. The van der Waals surface area contributed by atoms with Crippen LogP contribution in [0.4, 0.5) is 11.4 Å². The minimum Gasteiger partial charge on any atom is -0.379 e. The maximum Gasteiger partial charge on any atom is 0.245 e. The highest BCUT2D eigenvalue weighted by molar-refractivity contribution is 7.92. The lowest BCUT2D eigenvalue weighted by atomic mass is 10.3. The molecule has 12 nitrogen and oxygen atoms in total. The van der Waals surface area contributed by atoms with Gasteiger partial charge < -0.3 is 10.1 Å². The largest absolute Gasteiger partial charge is 0.379 e. The summed E-state index contributed by atoms with van der Waals surface area (Å²) in [7, 11) is -11.3. The van der Waals surface area contributed by atoms with Crippen molar-refractivity contribution in [2.45, 2.75) is 23.6 Å². The molecule has 1 aliphatic heterocycles. The number of rotatable bonds is 11. The van der Waals surface area contributed by atoms with Crippen LogP contribution in [0.25, 0.3) is 0 Å². The van der Waals surface area contributed by atoms with Crippen molar-refractivity contribution in [2.24, 2.45) is 0 Å². The van der Waals surface area contributed by atoms with Crippen molar-refractivity contribution in [3.05, 3.63) is 48.5 Å². The molecule has 0 aliphatic carbocycles. The van der Waals surface area contributed by atoms with Crippen molar-refractivity contribution >= 4 is 47.4 Å². The molecular formula is C23H32N4O8S3. The Kier molecular flexibility index (Phi) is 9.54. The van der Waals surface area contributed by atoms with E-state index >= 15 is 0 Å². The number of ether oxygens (including phenoxy) is 1. The van der Waals surface area contributed by atoms with Gasteiger partial charge in [-0.05, 0) is 48.5 Å². The van der Waals surface area contributed by atoms with Crippen molar-refractivity contribution in [3.8, 4) is 0 Å². The molecule has 0 radical (unpaired) electrons. The van der Waals surface area contributed by atoms with Crippen molar-refractivity contribution in [1.29, 1.82) is 0 Å². The van der Waals surface area contributed by atoms with Gasteiger partial charge in [-0.3, -0.25) is 9.10 Å². The van der Waals surface area contributed by atoms with Crippen LogP contribution in [0.2, 0.25) is 0 Å². The highest BCUT2D eigenvalue weighted by atomic mass is 32.2. The van der Waals surface area contributed by atoms with E-state index in [1.807, 2.05) is 0 Å². The third-order valence-electron chi connectivity index (χ3n) is 5.90. The number of morpholine rings is 1. The molecule has 0 aromatic heterocycles. The number of amides is 1. The highest BCUT2D eigenvalue weighted by Gasteiger charge is 2.27. The minimum atomic E-state index is -3.90. The zero-order chi connectivity index (χ0) is 28.1. The van der Waals surface area contributed by atoms with Crippen LogP contribution >= 0.6 is 0 Å². The van der Waals surface area contributed by atoms with Crippen LogP contribution in [-0.2, 0) is 39.6 Å². The van der Waals surface area contributed by atoms with Gasteiger partial charge in [-0.15, -0.1) is 0 Å². The molecule has 1 saturated heterocycles. The Hall–Kier alpha value is -2.56. The molecule has 1 heterocycles. The summed E-state index contributed by atoms with van der Waals surface area (Å²) in [4.78, 5) is 12.8. The Bertz CT molecular complexity index is 1430. The zero-order valence-corrected chi connectivity index (χ0v) is 23.9. The highest BCUT2D eigenvalue weighted by Crippen LogP contribution is 2.24. The maximum atomic E-state index is 12.8. The van der Waals surface area contributed by atoms with E-state index in [-0.39, 0.29) is 34.3 Å². The van der Waals surface area contributed by atoms with E-state index in [0.717, 1.165) is 10.6 Å². The van der Waals surface area contributed by atoms with Gasteiger partial charge in [0.05, 0.1) is 34.9 Å². The van der Waals surface area contributed by atoms with Crippen molar-refractivity contribution in [1.82, 2.24) is 8.61 Å². The van der Waals surface area contributed by atoms with Gasteiger partial charge in [0.2, 0.25) is 36.0 Å². The van der Waals surface area contributed by atoms with Crippen molar-refractivity contribution in [3.63, 3.8) is 0 Å². The SMILES string of the molecule is CCN(CC)S(=O)(=O)c1ccc(NC(=O)CN(c2ccc(S(=O)(=O)N3CCOCC3)cc2)S(C)(=O)=O)cc1. The zero-order valence-electron chi connectivity index (χ0n) is 21.4. The fourth-order valence-corrected chi connectivity index (χ4v) is 7.60. The molecule has 210 valence electrons. The molecule has 0 spiro atoms. The molecule has 0 saturated carbocycles. The van der Waals surface area contributed by atoms with Gasteiger partial charge in [-0.1, -0.05) is 13.8 Å². The van der Waals surface area contributed by atoms with Crippen LogP contribution in [0.5, 0.6) is 0 Å². The Labute approximate surface area is 224 Å². The number of carbonyl (C=O) groups is 1. The van der Waals surface area contributed by atoms with Crippen LogP contribution in [-0.4, -0.2) is 92.0 Å². The van der Waals surface area contributed by atoms with Gasteiger partial charge in [0.15, 0.2) is 0 Å². The normalized spacial score (nSPS) is 15.4. The van der Waals surface area contributed by atoms with Gasteiger partial charge >= 0.3 is 0 Å². The first-order valence-electron chi connectivity index (χ1n) is 11.9. The molecule has 0 unspecified atom stereocenters. The van der Waals surface area contributed by atoms with E-state index in [9.17, 15) is 30.0 Å². The molecule has 15 heteroatoms. The summed E-state index contributed by atoms with van der Waals surface area (Å²) in [5.74, 6) is -0.667. The molecule has 0 atom stereocenters. The number of hydrogen-bond acceptors (Lipinski definition) is 8. The van der Waals surface area contributed by atoms with Gasteiger partial charge in [-0.25, -0.2) is 25.3 Å². The fourth-order valence-electron chi connectivity index (χ4n) is 3.87. The van der Waals surface area contributed by atoms with Gasteiger partial charge in [0, 0.05) is 31.9 Å². The first kappa shape index (κ1) is 30.0. The van der Waals surface area contributed by atoms with Crippen LogP contribution in [0.3, 0.4) is 0 Å². The number of nitrogens with zero attached hydrogens (tertiary/aromatic N) is 3. The quantitative estimate of drug-likeness (QED) is 0.411. The summed E-state index contributed by atoms with van der Waals surface area (Å²) in [6, 6.07) is 10.8. The molecule has 3 rings (SSSR count). The lowest BCUT2D eigenvalue weighted by Crippen LogP contribution is -2.40. The third-order valence-corrected chi connectivity index (χ3v) is 11.0. The van der Waals surface area contributed by atoms with Crippen LogP contribution in [0.1, 0.15) is 13.8 Å². The van der Waals surface area contributed by atoms with E-state index in [1.165, 1.54) is 57.1 Å². The van der Waals surface area contributed by atoms with Gasteiger partial charge in [-0.2, -0.15) is 8.61 Å². The van der Waals surface area contributed by atoms with Crippen LogP contribution in [0.15, 0.2) is 58.3 Å². The van der Waals surface area contributed by atoms with E-state index in [2.05, 4.69) is 5.32 Å². The summed E-state index contributed by atoms with van der Waals surface area (Å²) >= 11 is 0. The molecule has 38 heavy (non-hydrogen) atoms. The lowest BCUT2D eigenvalue weighted by molar-refractivity contribution is -0.114. The van der Waals surface area contributed by atoms with E-state index in [4.69, 9.17) is 4.74 Å². The fraction of sp³-hybridized carbons (Fsp3) is 0.435. The summed E-state index contributed by atoms with van der Waals surface area (Å²) in [5, 5.41) is 2.56. The second kappa shape index (κ2) is 12.1. The second-order valence-electron chi connectivity index (χ2n) is 8.44. The first-order valence-corrected chi connectivity index (χ1v) is 16.6. The summed E-state index contributed by atoms with van der Waals surface area (Å²) in [6.07, 6.45) is 0.936. The predicted octanol–water partition coefficient (Wildman–Crippen LogP) is 1.14. The lowest BCUT2D eigenvalue weighted by Gasteiger charge is -2.26. The van der Waals surface area contributed by atoms with Crippen LogP contribution in [0, 0.1) is 0 Å². The Morgan fingerprint density at radius 1 is 0.868 bits per heavy atom. The topological polar surface area (TPSA) is 150 Å². The Balaban J connectivity index is 1.74. The molecule has 1 fully saturated rings. The molecule has 1 N–H and O–H groups in total. The molecule has 1 aliphatic rings. The number of benzene rings is 2. The summed E-state index contributed by atoms with van der Waals surface area (Å²) < 4.78 is 84.5. The molecule has 2 aromatic rings. The average molecular weight is 589 g/mol. The smallest absolute Gasteiger partial charge is 0.245 e. The van der Waals surface area contributed by atoms with E-state index in [1.54, 1.807) is 13.8 Å². The monoisotopic (exact) mass is 588 g/mol. The maximum absolute atomic E-state index is 12.8. The number of sulfonamides is 3. The average Bonchev–Trinajstić information content (AvgIpc) is 2.88. The first-order chi connectivity index (χ1) is 17.8. The number of carbonyl (C=O) groups excluding carboxylic acids is 1. The van der Waals surface area contributed by atoms with Gasteiger partial charge in [0.1, 0.15) is 6.54 Å². The molecule has 0 bridgehead atoms. The predicted molar refractivity (Wildman–Crippen MR) is 143 cm³/mol. The third kappa shape index (κ3) is 6.90. The molecule has 1 amide bonds. The van der Waals surface area contributed by atoms with Crippen molar-refractivity contribution in [2.75, 3.05) is 61.8 Å². The number of nitrogens with one attached hydrogen (secondary N) is 1. The Morgan fingerprint density at radius 2 is 1.39 bits per heavy atom. The molecular weight excluding hydrogens is 556 g/mol. The second-order valence-corrected chi connectivity index (χ2v) is 14.2. The van der Waals surface area contributed by atoms with Gasteiger partial charge in [0.25, 0.3) is 0 Å². The van der Waals surface area contributed by atoms with E-state index < -0.39 is 42.5 Å². The molecule has 2 aromatic carbocycles. The van der Waals surface area contributed by atoms with Crippen LogP contribution < -0.4 is 9.62 Å². The standard InChI is InChI=1S/C23H32N4O8S3/c1-4-25(5-2)37(31,32)21-10-6-19(7-11-21)24-23(28)18-27(36(3,29)30)20-8-12-22(13-9-20)38(33,34)26-14-16-35-17-15-26/h6-13H,4-5,14-18H2,1-3H3,(H,24,28). The number of anilines is 2. The van der Waals surface area contributed by atoms with E-state index in [0.29, 0.717) is 26.3 Å².